The SMILES string of the molecule is CC(C)(C)OC(=O)Nc1cccc(CN2C(=O)C(NC(=O)CCN)CCc3ccccc32)c1. The Hall–Kier alpha value is -3.39. The summed E-state index contributed by atoms with van der Waals surface area (Å²) >= 11 is 0. The van der Waals surface area contributed by atoms with Crippen molar-refractivity contribution in [3.63, 3.8) is 0 Å². The molecule has 33 heavy (non-hydrogen) atoms. The molecule has 0 saturated carbocycles. The van der Waals surface area contributed by atoms with E-state index in [0.717, 1.165) is 16.8 Å². The van der Waals surface area contributed by atoms with Crippen LogP contribution in [0.25, 0.3) is 0 Å². The number of amides is 3. The van der Waals surface area contributed by atoms with E-state index < -0.39 is 17.7 Å². The largest absolute Gasteiger partial charge is 0.444 e. The summed E-state index contributed by atoms with van der Waals surface area (Å²) in [6, 6.07) is 14.4. The van der Waals surface area contributed by atoms with Crippen molar-refractivity contribution in [2.45, 2.75) is 58.2 Å². The predicted octanol–water partition coefficient (Wildman–Crippen LogP) is 3.35. The van der Waals surface area contributed by atoms with Crippen molar-refractivity contribution in [3.8, 4) is 0 Å². The summed E-state index contributed by atoms with van der Waals surface area (Å²) in [4.78, 5) is 39.4. The van der Waals surface area contributed by atoms with Gasteiger partial charge in [-0.3, -0.25) is 14.9 Å². The molecule has 1 unspecified atom stereocenters. The number of para-hydroxylation sites is 1. The Labute approximate surface area is 194 Å². The molecule has 1 aliphatic heterocycles. The zero-order valence-corrected chi connectivity index (χ0v) is 19.4. The van der Waals surface area contributed by atoms with E-state index >= 15 is 0 Å². The van der Waals surface area contributed by atoms with Crippen molar-refractivity contribution in [2.24, 2.45) is 5.73 Å². The van der Waals surface area contributed by atoms with Gasteiger partial charge in [0.2, 0.25) is 11.8 Å². The van der Waals surface area contributed by atoms with Gasteiger partial charge in [-0.25, -0.2) is 4.79 Å². The van der Waals surface area contributed by atoms with E-state index in [2.05, 4.69) is 10.6 Å². The minimum Gasteiger partial charge on any atom is -0.444 e. The Morgan fingerprint density at radius 1 is 1.15 bits per heavy atom. The van der Waals surface area contributed by atoms with E-state index in [1.54, 1.807) is 31.7 Å². The second-order valence-corrected chi connectivity index (χ2v) is 9.08. The Morgan fingerprint density at radius 3 is 2.64 bits per heavy atom. The van der Waals surface area contributed by atoms with Crippen LogP contribution in [0.4, 0.5) is 16.2 Å². The zero-order valence-electron chi connectivity index (χ0n) is 19.4. The van der Waals surface area contributed by atoms with Gasteiger partial charge in [0, 0.05) is 24.3 Å². The first-order chi connectivity index (χ1) is 15.7. The summed E-state index contributed by atoms with van der Waals surface area (Å²) in [6.07, 6.45) is 0.822. The van der Waals surface area contributed by atoms with Crippen LogP contribution in [-0.2, 0) is 27.3 Å². The number of carbonyl (C=O) groups excluding carboxylic acids is 3. The lowest BCUT2D eigenvalue weighted by atomic mass is 10.1. The monoisotopic (exact) mass is 452 g/mol. The third-order valence-electron chi connectivity index (χ3n) is 5.17. The van der Waals surface area contributed by atoms with Crippen molar-refractivity contribution in [2.75, 3.05) is 16.8 Å². The molecule has 4 N–H and O–H groups in total. The lowest BCUT2D eigenvalue weighted by molar-refractivity contribution is -0.127. The van der Waals surface area contributed by atoms with Crippen LogP contribution >= 0.6 is 0 Å². The first-order valence-electron chi connectivity index (χ1n) is 11.1. The Kier molecular flexibility index (Phi) is 7.71. The summed E-state index contributed by atoms with van der Waals surface area (Å²) in [5.74, 6) is -0.402. The Balaban J connectivity index is 1.83. The fourth-order valence-electron chi connectivity index (χ4n) is 3.76. The molecule has 0 radical (unpaired) electrons. The standard InChI is InChI=1S/C25H32N4O4/c1-25(2,3)33-24(32)27-19-9-6-7-17(15-19)16-29-21-10-5-4-8-18(21)11-12-20(23(29)31)28-22(30)13-14-26/h4-10,15,20H,11-14,16,26H2,1-3H3,(H,27,32)(H,28,30). The summed E-state index contributed by atoms with van der Waals surface area (Å²) in [7, 11) is 0. The number of rotatable bonds is 6. The highest BCUT2D eigenvalue weighted by Crippen LogP contribution is 2.29. The molecule has 3 rings (SSSR count). The maximum atomic E-state index is 13.5. The second kappa shape index (κ2) is 10.5. The van der Waals surface area contributed by atoms with Crippen LogP contribution in [-0.4, -0.2) is 36.1 Å². The van der Waals surface area contributed by atoms with Crippen molar-refractivity contribution >= 4 is 29.3 Å². The number of hydrogen-bond donors (Lipinski definition) is 3. The highest BCUT2D eigenvalue weighted by Gasteiger charge is 2.31. The topological polar surface area (TPSA) is 114 Å². The number of nitrogens with two attached hydrogens (primary N) is 1. The molecule has 176 valence electrons. The van der Waals surface area contributed by atoms with Gasteiger partial charge >= 0.3 is 6.09 Å². The van der Waals surface area contributed by atoms with Gasteiger partial charge in [0.25, 0.3) is 0 Å². The summed E-state index contributed by atoms with van der Waals surface area (Å²) < 4.78 is 5.32. The highest BCUT2D eigenvalue weighted by atomic mass is 16.6. The molecule has 0 fully saturated rings. The smallest absolute Gasteiger partial charge is 0.412 e. The number of aryl methyl sites for hydroxylation is 1. The van der Waals surface area contributed by atoms with Crippen molar-refractivity contribution in [1.29, 1.82) is 0 Å². The fraction of sp³-hybridized carbons (Fsp3) is 0.400. The van der Waals surface area contributed by atoms with Crippen molar-refractivity contribution < 1.29 is 19.1 Å². The molecule has 3 amide bonds. The molecule has 8 heteroatoms. The van der Waals surface area contributed by atoms with Gasteiger partial charge < -0.3 is 20.7 Å². The Morgan fingerprint density at radius 2 is 1.91 bits per heavy atom. The van der Waals surface area contributed by atoms with Gasteiger partial charge in [0.05, 0.1) is 6.54 Å². The molecule has 0 saturated heterocycles. The molecular formula is C25H32N4O4. The number of fused-ring (bicyclic) bond motifs is 1. The minimum atomic E-state index is -0.625. The number of nitrogens with one attached hydrogen (secondary N) is 2. The molecule has 8 nitrogen and oxygen atoms in total. The number of benzene rings is 2. The van der Waals surface area contributed by atoms with Crippen LogP contribution in [0.15, 0.2) is 48.5 Å². The van der Waals surface area contributed by atoms with Gasteiger partial charge in [-0.2, -0.15) is 0 Å². The fourth-order valence-corrected chi connectivity index (χ4v) is 3.76. The van der Waals surface area contributed by atoms with Crippen molar-refractivity contribution in [1.82, 2.24) is 5.32 Å². The average molecular weight is 453 g/mol. The third kappa shape index (κ3) is 6.79. The van der Waals surface area contributed by atoms with E-state index in [1.807, 2.05) is 42.5 Å². The maximum Gasteiger partial charge on any atom is 0.412 e. The first kappa shape index (κ1) is 24.3. The number of carbonyl (C=O) groups is 3. The quantitative estimate of drug-likeness (QED) is 0.622. The lowest BCUT2D eigenvalue weighted by Crippen LogP contribution is -2.48. The van der Waals surface area contributed by atoms with Crippen LogP contribution in [0.3, 0.4) is 0 Å². The normalized spacial score (nSPS) is 15.9. The maximum absolute atomic E-state index is 13.5. The summed E-state index contributed by atoms with van der Waals surface area (Å²) in [6.45, 7) is 5.92. The van der Waals surface area contributed by atoms with E-state index in [9.17, 15) is 14.4 Å². The number of nitrogens with zero attached hydrogens (tertiary/aromatic N) is 1. The predicted molar refractivity (Wildman–Crippen MR) is 128 cm³/mol. The molecule has 0 spiro atoms. The summed E-state index contributed by atoms with van der Waals surface area (Å²) in [5.41, 5.74) is 8.16. The van der Waals surface area contributed by atoms with Gasteiger partial charge in [0.1, 0.15) is 11.6 Å². The van der Waals surface area contributed by atoms with E-state index in [-0.39, 0.29) is 24.8 Å². The zero-order chi connectivity index (χ0) is 24.0. The van der Waals surface area contributed by atoms with E-state index in [1.165, 1.54) is 0 Å². The first-order valence-corrected chi connectivity index (χ1v) is 11.1. The second-order valence-electron chi connectivity index (χ2n) is 9.08. The van der Waals surface area contributed by atoms with Crippen molar-refractivity contribution in [3.05, 3.63) is 59.7 Å². The minimum absolute atomic E-state index is 0.171. The van der Waals surface area contributed by atoms with Gasteiger partial charge in [0.15, 0.2) is 0 Å². The molecule has 1 atom stereocenters. The average Bonchev–Trinajstić information content (AvgIpc) is 2.85. The third-order valence-corrected chi connectivity index (χ3v) is 5.17. The molecule has 2 aromatic rings. The van der Waals surface area contributed by atoms with Gasteiger partial charge in [-0.15, -0.1) is 0 Å². The molecule has 0 aliphatic carbocycles. The molecule has 0 bridgehead atoms. The molecular weight excluding hydrogens is 420 g/mol. The molecule has 2 aromatic carbocycles. The van der Waals surface area contributed by atoms with E-state index in [4.69, 9.17) is 10.5 Å². The van der Waals surface area contributed by atoms with Gasteiger partial charge in [-0.05, 0) is 62.9 Å². The van der Waals surface area contributed by atoms with Crippen LogP contribution < -0.4 is 21.3 Å². The number of hydrogen-bond acceptors (Lipinski definition) is 5. The lowest BCUT2D eigenvalue weighted by Gasteiger charge is -2.26. The summed E-state index contributed by atoms with van der Waals surface area (Å²) in [5, 5.41) is 5.57. The van der Waals surface area contributed by atoms with Gasteiger partial charge in [-0.1, -0.05) is 30.3 Å². The van der Waals surface area contributed by atoms with Crippen LogP contribution in [0.5, 0.6) is 0 Å². The molecule has 1 aliphatic rings. The molecule has 1 heterocycles. The highest BCUT2D eigenvalue weighted by molar-refractivity contribution is 6.00. The molecule has 0 aromatic heterocycles. The number of anilines is 2. The number of ether oxygens (including phenoxy) is 1. The van der Waals surface area contributed by atoms with Crippen LogP contribution in [0.1, 0.15) is 44.7 Å². The van der Waals surface area contributed by atoms with Crippen LogP contribution in [0, 0.1) is 0 Å². The Bertz CT molecular complexity index is 1020. The van der Waals surface area contributed by atoms with E-state index in [0.29, 0.717) is 25.1 Å². The van der Waals surface area contributed by atoms with Crippen LogP contribution in [0.2, 0.25) is 0 Å².